The van der Waals surface area contributed by atoms with Gasteiger partial charge in [-0.05, 0) is 23.8 Å². The molecule has 2 N–H and O–H groups in total. The predicted molar refractivity (Wildman–Crippen MR) is 110 cm³/mol. The van der Waals surface area contributed by atoms with Crippen LogP contribution in [0, 0.1) is 0 Å². The third-order valence-electron chi connectivity index (χ3n) is 4.63. The highest BCUT2D eigenvalue weighted by Gasteiger charge is 2.21. The monoisotopic (exact) mass is 414 g/mol. The van der Waals surface area contributed by atoms with E-state index in [1.165, 1.54) is 16.4 Å². The quantitative estimate of drug-likeness (QED) is 0.613. The maximum atomic E-state index is 12.5. The van der Waals surface area contributed by atoms with Gasteiger partial charge in [-0.2, -0.15) is 9.40 Å². The molecule has 3 aromatic rings. The normalized spacial score (nSPS) is 11.7. The van der Waals surface area contributed by atoms with Crippen LogP contribution in [0.1, 0.15) is 29.9 Å². The number of nitrogens with one attached hydrogen (secondary N) is 2. The predicted octanol–water partition coefficient (Wildman–Crippen LogP) is 1.88. The van der Waals surface area contributed by atoms with Gasteiger partial charge in [-0.3, -0.25) is 9.59 Å². The van der Waals surface area contributed by atoms with Crippen LogP contribution in [0.3, 0.4) is 0 Å². The summed E-state index contributed by atoms with van der Waals surface area (Å²) in [4.78, 5) is 24.6. The Morgan fingerprint density at radius 1 is 1.03 bits per heavy atom. The van der Waals surface area contributed by atoms with Gasteiger partial charge in [-0.1, -0.05) is 44.2 Å². The molecule has 8 nitrogen and oxygen atoms in total. The highest BCUT2D eigenvalue weighted by molar-refractivity contribution is 7.89. The Bertz CT molecular complexity index is 1180. The van der Waals surface area contributed by atoms with Gasteiger partial charge in [-0.15, -0.1) is 0 Å². The second-order valence-corrected chi connectivity index (χ2v) is 8.30. The summed E-state index contributed by atoms with van der Waals surface area (Å²) >= 11 is 0. The molecule has 0 saturated carbocycles. The number of aromatic amines is 1. The smallest absolute Gasteiger partial charge is 0.272 e. The molecule has 0 atom stereocenters. The third-order valence-corrected chi connectivity index (χ3v) is 6.69. The van der Waals surface area contributed by atoms with E-state index in [0.717, 1.165) is 5.56 Å². The summed E-state index contributed by atoms with van der Waals surface area (Å²) in [5.74, 6) is -0.433. The van der Waals surface area contributed by atoms with Crippen molar-refractivity contribution in [1.29, 1.82) is 0 Å². The van der Waals surface area contributed by atoms with E-state index >= 15 is 0 Å². The lowest BCUT2D eigenvalue weighted by Crippen LogP contribution is -2.30. The maximum absolute atomic E-state index is 12.5. The lowest BCUT2D eigenvalue weighted by atomic mass is 10.1. The Hall–Kier alpha value is -3.04. The van der Waals surface area contributed by atoms with Gasteiger partial charge in [0.1, 0.15) is 0 Å². The average Bonchev–Trinajstić information content (AvgIpc) is 2.73. The van der Waals surface area contributed by atoms with Crippen molar-refractivity contribution in [2.45, 2.75) is 25.3 Å². The molecule has 1 heterocycles. The summed E-state index contributed by atoms with van der Waals surface area (Å²) in [5, 5.41) is 9.80. The topological polar surface area (TPSA) is 112 Å². The largest absolute Gasteiger partial charge is 0.347 e. The molecule has 0 saturated heterocycles. The number of amides is 1. The molecule has 0 aliphatic carbocycles. The third kappa shape index (κ3) is 4.20. The van der Waals surface area contributed by atoms with Crippen molar-refractivity contribution in [1.82, 2.24) is 19.8 Å². The van der Waals surface area contributed by atoms with Crippen molar-refractivity contribution < 1.29 is 13.2 Å². The lowest BCUT2D eigenvalue weighted by Gasteiger charge is -2.18. The second-order valence-electron chi connectivity index (χ2n) is 6.36. The van der Waals surface area contributed by atoms with E-state index in [9.17, 15) is 18.0 Å². The maximum Gasteiger partial charge on any atom is 0.272 e. The molecule has 0 bridgehead atoms. The fourth-order valence-electron chi connectivity index (χ4n) is 3.05. The van der Waals surface area contributed by atoms with Crippen LogP contribution in [0.2, 0.25) is 0 Å². The first kappa shape index (κ1) is 20.7. The Kier molecular flexibility index (Phi) is 6.09. The van der Waals surface area contributed by atoms with E-state index in [4.69, 9.17) is 0 Å². The van der Waals surface area contributed by atoms with Crippen molar-refractivity contribution in [3.63, 3.8) is 0 Å². The van der Waals surface area contributed by atoms with Gasteiger partial charge in [0.2, 0.25) is 10.0 Å². The van der Waals surface area contributed by atoms with Crippen molar-refractivity contribution in [3.8, 4) is 0 Å². The van der Waals surface area contributed by atoms with Crippen LogP contribution in [0.5, 0.6) is 0 Å². The standard InChI is InChI=1S/C20H22N4O4S/c1-3-24(4-2)29(27,28)15-11-9-14(10-12-15)13-21-20(26)18-16-7-5-6-8-17(16)19(25)23-22-18/h5-12H,3-4,13H2,1-2H3,(H,21,26)(H,23,25). The summed E-state index contributed by atoms with van der Waals surface area (Å²) in [5.41, 5.74) is 0.508. The van der Waals surface area contributed by atoms with E-state index < -0.39 is 15.9 Å². The van der Waals surface area contributed by atoms with Crippen LogP contribution >= 0.6 is 0 Å². The summed E-state index contributed by atoms with van der Waals surface area (Å²) in [7, 11) is -3.52. The molecular weight excluding hydrogens is 392 g/mol. The Morgan fingerprint density at radius 3 is 2.28 bits per heavy atom. The molecule has 3 rings (SSSR count). The first-order chi connectivity index (χ1) is 13.9. The van der Waals surface area contributed by atoms with E-state index in [0.29, 0.717) is 23.9 Å². The second kappa shape index (κ2) is 8.54. The number of hydrogen-bond acceptors (Lipinski definition) is 5. The van der Waals surface area contributed by atoms with Crippen LogP contribution in [-0.4, -0.2) is 41.9 Å². The number of H-pyrrole nitrogens is 1. The SMILES string of the molecule is CCN(CC)S(=O)(=O)c1ccc(CNC(=O)c2n[nH]c(=O)c3ccccc23)cc1. The summed E-state index contributed by atoms with van der Waals surface area (Å²) in [6, 6.07) is 13.1. The van der Waals surface area contributed by atoms with Crippen molar-refractivity contribution in [2.24, 2.45) is 0 Å². The molecule has 1 aromatic heterocycles. The first-order valence-electron chi connectivity index (χ1n) is 9.23. The Morgan fingerprint density at radius 2 is 1.66 bits per heavy atom. The van der Waals surface area contributed by atoms with E-state index in [-0.39, 0.29) is 22.7 Å². The minimum atomic E-state index is -3.52. The average molecular weight is 414 g/mol. The molecule has 0 aliphatic rings. The Balaban J connectivity index is 1.75. The molecule has 2 aromatic carbocycles. The molecule has 0 spiro atoms. The van der Waals surface area contributed by atoms with Gasteiger partial charge in [0.25, 0.3) is 11.5 Å². The molecule has 9 heteroatoms. The number of nitrogens with zero attached hydrogens (tertiary/aromatic N) is 2. The zero-order valence-electron chi connectivity index (χ0n) is 16.2. The van der Waals surface area contributed by atoms with Gasteiger partial charge >= 0.3 is 0 Å². The van der Waals surface area contributed by atoms with Gasteiger partial charge in [-0.25, -0.2) is 13.5 Å². The molecule has 0 radical (unpaired) electrons. The lowest BCUT2D eigenvalue weighted by molar-refractivity contribution is 0.0946. The van der Waals surface area contributed by atoms with Crippen molar-refractivity contribution >= 4 is 26.7 Å². The molecule has 29 heavy (non-hydrogen) atoms. The van der Waals surface area contributed by atoms with Crippen LogP contribution in [0.25, 0.3) is 10.8 Å². The van der Waals surface area contributed by atoms with Crippen LogP contribution < -0.4 is 10.9 Å². The first-order valence-corrected chi connectivity index (χ1v) is 10.7. The molecule has 0 unspecified atom stereocenters. The van der Waals surface area contributed by atoms with Crippen molar-refractivity contribution in [3.05, 3.63) is 70.1 Å². The summed E-state index contributed by atoms with van der Waals surface area (Å²) in [6.07, 6.45) is 0. The summed E-state index contributed by atoms with van der Waals surface area (Å²) < 4.78 is 26.4. The number of carbonyl (C=O) groups excluding carboxylic acids is 1. The number of sulfonamides is 1. The van der Waals surface area contributed by atoms with E-state index in [2.05, 4.69) is 15.5 Å². The zero-order valence-corrected chi connectivity index (χ0v) is 17.0. The highest BCUT2D eigenvalue weighted by Crippen LogP contribution is 2.16. The fraction of sp³-hybridized carbons (Fsp3) is 0.250. The van der Waals surface area contributed by atoms with Gasteiger partial charge in [0, 0.05) is 25.0 Å². The number of carbonyl (C=O) groups is 1. The number of rotatable bonds is 7. The Labute approximate surface area is 168 Å². The minimum absolute atomic E-state index is 0.126. The molecule has 0 aliphatic heterocycles. The van der Waals surface area contributed by atoms with Gasteiger partial charge in [0.15, 0.2) is 5.69 Å². The molecule has 0 fully saturated rings. The van der Waals surface area contributed by atoms with Crippen LogP contribution in [0.4, 0.5) is 0 Å². The highest BCUT2D eigenvalue weighted by atomic mass is 32.2. The zero-order chi connectivity index (χ0) is 21.0. The fourth-order valence-corrected chi connectivity index (χ4v) is 4.50. The minimum Gasteiger partial charge on any atom is -0.347 e. The van der Waals surface area contributed by atoms with E-state index in [1.54, 1.807) is 50.2 Å². The van der Waals surface area contributed by atoms with Crippen molar-refractivity contribution in [2.75, 3.05) is 13.1 Å². The number of aromatic nitrogens is 2. The van der Waals surface area contributed by atoms with Crippen LogP contribution in [-0.2, 0) is 16.6 Å². The number of benzene rings is 2. The summed E-state index contributed by atoms with van der Waals surface area (Å²) in [6.45, 7) is 4.58. The van der Waals surface area contributed by atoms with Gasteiger partial charge < -0.3 is 5.32 Å². The van der Waals surface area contributed by atoms with E-state index in [1.807, 2.05) is 0 Å². The number of fused-ring (bicyclic) bond motifs is 1. The molecule has 152 valence electrons. The van der Waals surface area contributed by atoms with Gasteiger partial charge in [0.05, 0.1) is 10.3 Å². The molecule has 1 amide bonds. The number of hydrogen-bond donors (Lipinski definition) is 2. The molecular formula is C20H22N4O4S. The van der Waals surface area contributed by atoms with Crippen LogP contribution in [0.15, 0.2) is 58.2 Å².